The molecule has 51 heavy (non-hydrogen) atoms. The van der Waals surface area contributed by atoms with Crippen molar-refractivity contribution in [3.63, 3.8) is 0 Å². The molecule has 10 atom stereocenters. The van der Waals surface area contributed by atoms with Gasteiger partial charge in [-0.05, 0) is 63.1 Å². The monoisotopic (exact) mass is 774 g/mol. The molecule has 2 aliphatic heterocycles. The Morgan fingerprint density at radius 2 is 1.47 bits per heavy atom. The fourth-order valence-electron chi connectivity index (χ4n) is 8.00. The van der Waals surface area contributed by atoms with Gasteiger partial charge < -0.3 is 33.2 Å². The van der Waals surface area contributed by atoms with Gasteiger partial charge in [0.1, 0.15) is 12.2 Å². The smallest absolute Gasteiger partial charge is 0.342 e. The van der Waals surface area contributed by atoms with Crippen LogP contribution >= 0.6 is 15.9 Å². The Hall–Kier alpha value is -4.04. The number of carbonyl (C=O) groups excluding carboxylic acids is 6. The maximum atomic E-state index is 14.0. The van der Waals surface area contributed by atoms with E-state index < -0.39 is 95.0 Å². The van der Waals surface area contributed by atoms with Gasteiger partial charge in [-0.25, -0.2) is 9.59 Å². The van der Waals surface area contributed by atoms with Gasteiger partial charge in [-0.3, -0.25) is 19.2 Å². The van der Waals surface area contributed by atoms with Crippen molar-refractivity contribution < 1.29 is 61.9 Å². The predicted octanol–water partition coefficient (Wildman–Crippen LogP) is 4.87. The summed E-state index contributed by atoms with van der Waals surface area (Å²) in [7, 11) is 0. The highest BCUT2D eigenvalue weighted by atomic mass is 79.9. The molecule has 0 aromatic heterocycles. The summed E-state index contributed by atoms with van der Waals surface area (Å²) in [4.78, 5) is 79.7. The van der Waals surface area contributed by atoms with E-state index in [1.54, 1.807) is 45.9 Å². The van der Waals surface area contributed by atoms with Crippen LogP contribution < -0.4 is 0 Å². The van der Waals surface area contributed by atoms with Crippen LogP contribution in [0.3, 0.4) is 0 Å². The second-order valence-corrected chi connectivity index (χ2v) is 14.8. The SMILES string of the molecule is CCCC(=O)O[C@@H]1/C(C)=C\[C@@H]2OC(=O)[C@]3(C)O[C@]23[C@@H](OC(C)=O)[C@H]2C(C)=CC[C@H](OC(C)=O)[C@]2(C)[C@@H](OC(C)=O)[C@H]1OC(=O)c1ccc(Br)cc1. The average Bonchev–Trinajstić information content (AvgIpc) is 3.63. The Balaban J connectivity index is 1.86. The number of esters is 6. The van der Waals surface area contributed by atoms with Crippen LogP contribution in [-0.4, -0.2) is 83.6 Å². The van der Waals surface area contributed by atoms with Crippen LogP contribution in [0.15, 0.2) is 52.0 Å². The lowest BCUT2D eigenvalue weighted by Crippen LogP contribution is -2.66. The lowest BCUT2D eigenvalue weighted by Gasteiger charge is -2.54. The zero-order chi connectivity index (χ0) is 37.6. The first-order valence-corrected chi connectivity index (χ1v) is 17.6. The fraction of sp³-hybridized carbons (Fsp3) is 0.568. The number of rotatable bonds is 8. The van der Waals surface area contributed by atoms with Crippen molar-refractivity contribution in [3.05, 3.63) is 57.6 Å². The first-order chi connectivity index (χ1) is 23.9. The fourth-order valence-corrected chi connectivity index (χ4v) is 8.26. The van der Waals surface area contributed by atoms with Crippen LogP contribution in [0.25, 0.3) is 0 Å². The molecule has 0 saturated carbocycles. The van der Waals surface area contributed by atoms with E-state index in [1.807, 2.05) is 0 Å². The van der Waals surface area contributed by atoms with Gasteiger partial charge in [0.25, 0.3) is 0 Å². The number of fused-ring (bicyclic) bond motifs is 1. The van der Waals surface area contributed by atoms with Crippen molar-refractivity contribution in [1.82, 2.24) is 0 Å². The number of ether oxygens (including phenoxy) is 7. The third-order valence-electron chi connectivity index (χ3n) is 10.4. The molecule has 2 saturated heterocycles. The Labute approximate surface area is 304 Å². The van der Waals surface area contributed by atoms with Crippen LogP contribution in [-0.2, 0) is 57.1 Å². The number of hydrogen-bond acceptors (Lipinski definition) is 13. The quantitative estimate of drug-likeness (QED) is 0.152. The van der Waals surface area contributed by atoms with E-state index in [0.29, 0.717) is 16.5 Å². The second kappa shape index (κ2) is 14.2. The van der Waals surface area contributed by atoms with Gasteiger partial charge in [0.2, 0.25) is 0 Å². The van der Waals surface area contributed by atoms with Crippen LogP contribution in [0.4, 0.5) is 0 Å². The summed E-state index contributed by atoms with van der Waals surface area (Å²) in [5, 5.41) is 0. The molecule has 276 valence electrons. The van der Waals surface area contributed by atoms with E-state index >= 15 is 0 Å². The van der Waals surface area contributed by atoms with E-state index in [2.05, 4.69) is 15.9 Å². The number of benzene rings is 1. The molecular weight excluding hydrogens is 732 g/mol. The minimum atomic E-state index is -1.61. The molecule has 0 unspecified atom stereocenters. The van der Waals surface area contributed by atoms with Gasteiger partial charge in [-0.1, -0.05) is 41.4 Å². The van der Waals surface area contributed by atoms with Gasteiger partial charge in [0, 0.05) is 44.0 Å². The molecule has 1 aromatic carbocycles. The van der Waals surface area contributed by atoms with Crippen molar-refractivity contribution in [2.24, 2.45) is 11.3 Å². The molecule has 1 spiro atoms. The lowest BCUT2D eigenvalue weighted by molar-refractivity contribution is -0.218. The summed E-state index contributed by atoms with van der Waals surface area (Å²) in [5.41, 5.74) is -3.76. The maximum absolute atomic E-state index is 14.0. The molecular formula is C37H43BrO13. The highest BCUT2D eigenvalue weighted by molar-refractivity contribution is 9.10. The van der Waals surface area contributed by atoms with Crippen molar-refractivity contribution >= 4 is 51.7 Å². The highest BCUT2D eigenvalue weighted by Crippen LogP contribution is 2.65. The molecule has 5 rings (SSSR count). The van der Waals surface area contributed by atoms with E-state index in [0.717, 1.165) is 0 Å². The first-order valence-electron chi connectivity index (χ1n) is 16.8. The van der Waals surface area contributed by atoms with Crippen molar-refractivity contribution in [2.75, 3.05) is 0 Å². The Bertz CT molecular complexity index is 1680. The van der Waals surface area contributed by atoms with Crippen molar-refractivity contribution in [3.8, 4) is 0 Å². The van der Waals surface area contributed by atoms with E-state index in [4.69, 9.17) is 33.2 Å². The molecule has 0 radical (unpaired) electrons. The van der Waals surface area contributed by atoms with E-state index in [9.17, 15) is 28.8 Å². The Morgan fingerprint density at radius 1 is 0.863 bits per heavy atom. The molecule has 0 amide bonds. The molecule has 13 nitrogen and oxygen atoms in total. The number of halogens is 1. The minimum Gasteiger partial charge on any atom is -0.461 e. The normalized spacial score (nSPS) is 36.3. The summed E-state index contributed by atoms with van der Waals surface area (Å²) < 4.78 is 43.5. The molecule has 2 fully saturated rings. The second-order valence-electron chi connectivity index (χ2n) is 13.9. The van der Waals surface area contributed by atoms with Crippen LogP contribution in [0.1, 0.15) is 85.0 Å². The van der Waals surface area contributed by atoms with Gasteiger partial charge in [0.15, 0.2) is 35.6 Å². The van der Waals surface area contributed by atoms with Gasteiger partial charge in [-0.2, -0.15) is 0 Å². The summed E-state index contributed by atoms with van der Waals surface area (Å²) in [6, 6.07) is 6.34. The molecule has 0 N–H and O–H groups in total. The molecule has 14 heteroatoms. The first kappa shape index (κ1) is 38.2. The third-order valence-corrected chi connectivity index (χ3v) is 10.9. The highest BCUT2D eigenvalue weighted by Gasteiger charge is 2.87. The van der Waals surface area contributed by atoms with Crippen LogP contribution in [0.5, 0.6) is 0 Å². The predicted molar refractivity (Wildman–Crippen MR) is 181 cm³/mol. The standard InChI is InChI=1S/C37H43BrO13/c1-9-10-27(42)49-29-19(3)17-26-37(36(8,51-37)34(44)48-26)31(46-21(5)40)28-18(2)11-16-25(45-20(4)39)35(28,7)32(47-22(6)41)30(29)50-33(43)23-12-14-24(38)15-13-23/h11-15,17,25-26,28-32H,9-10,16H2,1-8H3/b19-17-/t25-,26-,28+,29+,30-,31-,32-,35-,36-,37-/m0/s1. The zero-order valence-electron chi connectivity index (χ0n) is 29.8. The summed E-state index contributed by atoms with van der Waals surface area (Å²) in [5.74, 6) is -5.36. The van der Waals surface area contributed by atoms with Gasteiger partial charge in [-0.15, -0.1) is 0 Å². The third kappa shape index (κ3) is 6.72. The average molecular weight is 776 g/mol. The lowest BCUT2D eigenvalue weighted by atomic mass is 9.56. The minimum absolute atomic E-state index is 0.00522. The maximum Gasteiger partial charge on any atom is 0.342 e. The van der Waals surface area contributed by atoms with E-state index in [-0.39, 0.29) is 24.0 Å². The Morgan fingerprint density at radius 3 is 2.04 bits per heavy atom. The largest absolute Gasteiger partial charge is 0.461 e. The van der Waals surface area contributed by atoms with Crippen LogP contribution in [0, 0.1) is 11.3 Å². The van der Waals surface area contributed by atoms with Crippen LogP contribution in [0.2, 0.25) is 0 Å². The molecule has 4 aliphatic rings. The summed E-state index contributed by atoms with van der Waals surface area (Å²) >= 11 is 3.36. The number of carbonyl (C=O) groups is 6. The van der Waals surface area contributed by atoms with Crippen molar-refractivity contribution in [2.45, 2.75) is 122 Å². The summed E-state index contributed by atoms with van der Waals surface area (Å²) in [6.45, 7) is 12.0. The zero-order valence-corrected chi connectivity index (χ0v) is 31.4. The topological polar surface area (TPSA) is 170 Å². The Kier molecular flexibility index (Phi) is 10.6. The molecule has 2 aliphatic carbocycles. The van der Waals surface area contributed by atoms with E-state index in [1.165, 1.54) is 45.9 Å². The number of hydrogen-bond donors (Lipinski definition) is 0. The molecule has 0 bridgehead atoms. The van der Waals surface area contributed by atoms with Crippen molar-refractivity contribution in [1.29, 1.82) is 0 Å². The number of epoxide rings is 1. The molecule has 2 heterocycles. The van der Waals surface area contributed by atoms with Gasteiger partial charge in [0.05, 0.1) is 11.0 Å². The molecule has 1 aromatic rings. The summed E-state index contributed by atoms with van der Waals surface area (Å²) in [6.07, 6.45) is -4.18. The van der Waals surface area contributed by atoms with Gasteiger partial charge >= 0.3 is 35.8 Å².